The standard InChI is InChI=1S/C7H14FN/c1-7(2)4-5(8)3-6(7)9/h5-6H,3-4,9H2,1-2H3/t5?,6-/m1/s1. The third-order valence-electron chi connectivity index (χ3n) is 2.26. The van der Waals surface area contributed by atoms with Gasteiger partial charge in [-0.3, -0.25) is 0 Å². The molecule has 0 bridgehead atoms. The van der Waals surface area contributed by atoms with Gasteiger partial charge in [-0.15, -0.1) is 0 Å². The van der Waals surface area contributed by atoms with Crippen molar-refractivity contribution < 1.29 is 4.39 Å². The van der Waals surface area contributed by atoms with E-state index in [0.717, 1.165) is 0 Å². The van der Waals surface area contributed by atoms with Crippen LogP contribution in [0, 0.1) is 5.41 Å². The molecule has 0 aromatic rings. The first-order chi connectivity index (χ1) is 4.02. The lowest BCUT2D eigenvalue weighted by Crippen LogP contribution is -2.31. The smallest absolute Gasteiger partial charge is 0.102 e. The highest BCUT2D eigenvalue weighted by Gasteiger charge is 2.37. The zero-order valence-electron chi connectivity index (χ0n) is 6.02. The van der Waals surface area contributed by atoms with Gasteiger partial charge in [-0.05, 0) is 18.3 Å². The average Bonchev–Trinajstić information content (AvgIpc) is 1.79. The van der Waals surface area contributed by atoms with Crippen molar-refractivity contribution in [2.45, 2.75) is 38.9 Å². The molecule has 9 heavy (non-hydrogen) atoms. The summed E-state index contributed by atoms with van der Waals surface area (Å²) in [4.78, 5) is 0. The maximum absolute atomic E-state index is 12.6. The molecule has 1 fully saturated rings. The van der Waals surface area contributed by atoms with Crippen molar-refractivity contribution in [2.75, 3.05) is 0 Å². The van der Waals surface area contributed by atoms with E-state index in [1.165, 1.54) is 0 Å². The fraction of sp³-hybridized carbons (Fsp3) is 1.00. The normalized spacial score (nSPS) is 41.3. The molecule has 54 valence electrons. The number of alkyl halides is 1. The van der Waals surface area contributed by atoms with Crippen LogP contribution in [0.25, 0.3) is 0 Å². The van der Waals surface area contributed by atoms with Crippen molar-refractivity contribution in [1.29, 1.82) is 0 Å². The zero-order valence-corrected chi connectivity index (χ0v) is 6.02. The molecule has 0 aromatic heterocycles. The lowest BCUT2D eigenvalue weighted by Gasteiger charge is -2.21. The van der Waals surface area contributed by atoms with E-state index in [9.17, 15) is 4.39 Å². The Balaban J connectivity index is 2.58. The number of halogens is 1. The van der Waals surface area contributed by atoms with Crippen LogP contribution in [0.5, 0.6) is 0 Å². The van der Waals surface area contributed by atoms with Gasteiger partial charge in [0.1, 0.15) is 6.17 Å². The Kier molecular flexibility index (Phi) is 1.51. The third kappa shape index (κ3) is 1.23. The highest BCUT2D eigenvalue weighted by Crippen LogP contribution is 2.37. The molecule has 0 aromatic carbocycles. The number of hydrogen-bond donors (Lipinski definition) is 1. The fourth-order valence-corrected chi connectivity index (χ4v) is 1.40. The molecule has 0 amide bonds. The summed E-state index contributed by atoms with van der Waals surface area (Å²) in [5.74, 6) is 0. The lowest BCUT2D eigenvalue weighted by atomic mass is 9.88. The Bertz CT molecular complexity index is 111. The summed E-state index contributed by atoms with van der Waals surface area (Å²) in [7, 11) is 0. The Morgan fingerprint density at radius 2 is 2.11 bits per heavy atom. The van der Waals surface area contributed by atoms with Crippen LogP contribution < -0.4 is 5.73 Å². The predicted octanol–water partition coefficient (Wildman–Crippen LogP) is 1.47. The highest BCUT2D eigenvalue weighted by atomic mass is 19.1. The molecule has 2 heteroatoms. The zero-order chi connectivity index (χ0) is 7.07. The van der Waals surface area contributed by atoms with E-state index in [1.54, 1.807) is 0 Å². The Morgan fingerprint density at radius 1 is 1.56 bits per heavy atom. The van der Waals surface area contributed by atoms with Crippen molar-refractivity contribution >= 4 is 0 Å². The van der Waals surface area contributed by atoms with Crippen molar-refractivity contribution in [2.24, 2.45) is 11.1 Å². The van der Waals surface area contributed by atoms with Gasteiger partial charge in [0.25, 0.3) is 0 Å². The summed E-state index contributed by atoms with van der Waals surface area (Å²) >= 11 is 0. The largest absolute Gasteiger partial charge is 0.327 e. The van der Waals surface area contributed by atoms with Crippen molar-refractivity contribution in [3.63, 3.8) is 0 Å². The first-order valence-electron chi connectivity index (χ1n) is 3.42. The van der Waals surface area contributed by atoms with Crippen LogP contribution in [0.4, 0.5) is 4.39 Å². The molecule has 1 aliphatic carbocycles. The van der Waals surface area contributed by atoms with E-state index in [-0.39, 0.29) is 11.5 Å². The summed E-state index contributed by atoms with van der Waals surface area (Å²) in [6.07, 6.45) is 0.524. The molecular weight excluding hydrogens is 117 g/mol. The molecule has 0 aliphatic heterocycles. The fourth-order valence-electron chi connectivity index (χ4n) is 1.40. The molecule has 1 rings (SSSR count). The molecule has 2 N–H and O–H groups in total. The second kappa shape index (κ2) is 1.94. The van der Waals surface area contributed by atoms with E-state index in [2.05, 4.69) is 0 Å². The summed E-state index contributed by atoms with van der Waals surface area (Å²) in [5, 5.41) is 0. The molecule has 1 nitrogen and oxygen atoms in total. The average molecular weight is 131 g/mol. The van der Waals surface area contributed by atoms with Crippen LogP contribution in [-0.2, 0) is 0 Å². The minimum absolute atomic E-state index is 0.0272. The molecule has 0 radical (unpaired) electrons. The summed E-state index contributed by atoms with van der Waals surface area (Å²) < 4.78 is 12.6. The summed E-state index contributed by atoms with van der Waals surface area (Å²) in [6, 6.07) is 0.0625. The number of nitrogens with two attached hydrogens (primary N) is 1. The van der Waals surface area contributed by atoms with Gasteiger partial charge in [0, 0.05) is 6.04 Å². The van der Waals surface area contributed by atoms with Crippen LogP contribution in [0.1, 0.15) is 26.7 Å². The van der Waals surface area contributed by atoms with Crippen LogP contribution in [0.15, 0.2) is 0 Å². The summed E-state index contributed by atoms with van der Waals surface area (Å²) in [5.41, 5.74) is 5.69. The van der Waals surface area contributed by atoms with Crippen LogP contribution >= 0.6 is 0 Å². The topological polar surface area (TPSA) is 26.0 Å². The second-order valence-electron chi connectivity index (χ2n) is 3.63. The molecule has 1 unspecified atom stereocenters. The van der Waals surface area contributed by atoms with Gasteiger partial charge in [-0.2, -0.15) is 0 Å². The molecule has 1 saturated carbocycles. The van der Waals surface area contributed by atoms with Gasteiger partial charge < -0.3 is 5.73 Å². The Hall–Kier alpha value is -0.110. The van der Waals surface area contributed by atoms with Gasteiger partial charge in [0.2, 0.25) is 0 Å². The van der Waals surface area contributed by atoms with Crippen LogP contribution in [-0.4, -0.2) is 12.2 Å². The monoisotopic (exact) mass is 131 g/mol. The lowest BCUT2D eigenvalue weighted by molar-refractivity contribution is 0.289. The van der Waals surface area contributed by atoms with E-state index < -0.39 is 6.17 Å². The molecule has 0 heterocycles. The van der Waals surface area contributed by atoms with Gasteiger partial charge in [-0.1, -0.05) is 13.8 Å². The minimum Gasteiger partial charge on any atom is -0.327 e. The van der Waals surface area contributed by atoms with Crippen LogP contribution in [0.3, 0.4) is 0 Å². The van der Waals surface area contributed by atoms with Crippen LogP contribution in [0.2, 0.25) is 0 Å². The first-order valence-corrected chi connectivity index (χ1v) is 3.42. The predicted molar refractivity (Wildman–Crippen MR) is 35.9 cm³/mol. The highest BCUT2D eigenvalue weighted by molar-refractivity contribution is 4.92. The first kappa shape index (κ1) is 7.00. The quantitative estimate of drug-likeness (QED) is 0.529. The number of rotatable bonds is 0. The number of hydrogen-bond acceptors (Lipinski definition) is 1. The summed E-state index contributed by atoms with van der Waals surface area (Å²) in [6.45, 7) is 4.05. The molecule has 0 spiro atoms. The molecular formula is C7H14FN. The SMILES string of the molecule is CC1(C)CC(F)C[C@H]1N. The van der Waals surface area contributed by atoms with E-state index >= 15 is 0 Å². The second-order valence-corrected chi connectivity index (χ2v) is 3.63. The molecule has 1 aliphatic rings. The Labute approximate surface area is 55.4 Å². The van der Waals surface area contributed by atoms with Crippen molar-refractivity contribution in [3.8, 4) is 0 Å². The van der Waals surface area contributed by atoms with E-state index in [4.69, 9.17) is 5.73 Å². The third-order valence-corrected chi connectivity index (χ3v) is 2.26. The van der Waals surface area contributed by atoms with Gasteiger partial charge in [0.15, 0.2) is 0 Å². The van der Waals surface area contributed by atoms with E-state index in [0.29, 0.717) is 12.8 Å². The van der Waals surface area contributed by atoms with E-state index in [1.807, 2.05) is 13.8 Å². The maximum Gasteiger partial charge on any atom is 0.102 e. The van der Waals surface area contributed by atoms with Gasteiger partial charge in [0.05, 0.1) is 0 Å². The van der Waals surface area contributed by atoms with Crippen molar-refractivity contribution in [1.82, 2.24) is 0 Å². The molecule has 0 saturated heterocycles. The van der Waals surface area contributed by atoms with Gasteiger partial charge in [-0.25, -0.2) is 4.39 Å². The van der Waals surface area contributed by atoms with Gasteiger partial charge >= 0.3 is 0 Å². The van der Waals surface area contributed by atoms with Crippen molar-refractivity contribution in [3.05, 3.63) is 0 Å². The maximum atomic E-state index is 12.6. The Morgan fingerprint density at radius 3 is 2.22 bits per heavy atom. The molecule has 2 atom stereocenters. The minimum atomic E-state index is -0.657.